The van der Waals surface area contributed by atoms with Crippen molar-refractivity contribution in [3.05, 3.63) is 29.8 Å². The van der Waals surface area contributed by atoms with Crippen molar-refractivity contribution >= 4 is 18.5 Å². The highest BCUT2D eigenvalue weighted by atomic mass is 32.1. The molecule has 98 valence electrons. The number of nitrogens with zero attached hydrogens (tertiary/aromatic N) is 1. The van der Waals surface area contributed by atoms with E-state index < -0.39 is 0 Å². The number of benzene rings is 1. The van der Waals surface area contributed by atoms with Gasteiger partial charge in [-0.1, -0.05) is 12.1 Å². The summed E-state index contributed by atoms with van der Waals surface area (Å²) in [5.41, 5.74) is 0.641. The van der Waals surface area contributed by atoms with E-state index in [0.29, 0.717) is 24.2 Å². The molecule has 1 amide bonds. The van der Waals surface area contributed by atoms with Crippen LogP contribution in [-0.4, -0.2) is 36.5 Å². The van der Waals surface area contributed by atoms with Crippen LogP contribution in [0.3, 0.4) is 0 Å². The fraction of sp³-hybridized carbons (Fsp3) is 0.500. The first-order chi connectivity index (χ1) is 8.59. The summed E-state index contributed by atoms with van der Waals surface area (Å²) in [6.07, 6.45) is 2.57. The van der Waals surface area contributed by atoms with Gasteiger partial charge < -0.3 is 5.32 Å². The zero-order valence-corrected chi connectivity index (χ0v) is 11.8. The van der Waals surface area contributed by atoms with E-state index in [-0.39, 0.29) is 5.91 Å². The summed E-state index contributed by atoms with van der Waals surface area (Å²) in [6.45, 7) is 2.82. The highest BCUT2D eigenvalue weighted by molar-refractivity contribution is 7.80. The molecule has 0 heterocycles. The molecule has 1 fully saturated rings. The highest BCUT2D eigenvalue weighted by Crippen LogP contribution is 2.26. The first kappa shape index (κ1) is 13.4. The van der Waals surface area contributed by atoms with E-state index in [1.165, 1.54) is 12.8 Å². The summed E-state index contributed by atoms with van der Waals surface area (Å²) in [4.78, 5) is 15.1. The fourth-order valence-electron chi connectivity index (χ4n) is 1.99. The number of carbonyl (C=O) groups excluding carboxylic acids is 1. The molecule has 2 rings (SSSR count). The number of nitrogens with one attached hydrogen (secondary N) is 1. The molecule has 4 heteroatoms. The SMILES string of the molecule is CC(CNC(=O)c1ccccc1S)N(C)C1CC1. The molecule has 0 radical (unpaired) electrons. The van der Waals surface area contributed by atoms with Crippen molar-refractivity contribution in [2.45, 2.75) is 36.7 Å². The minimum atomic E-state index is -0.0448. The van der Waals surface area contributed by atoms with Crippen LogP contribution in [-0.2, 0) is 0 Å². The van der Waals surface area contributed by atoms with E-state index in [0.717, 1.165) is 4.90 Å². The molecule has 18 heavy (non-hydrogen) atoms. The minimum absolute atomic E-state index is 0.0448. The lowest BCUT2D eigenvalue weighted by atomic mass is 10.2. The highest BCUT2D eigenvalue weighted by Gasteiger charge is 2.29. The van der Waals surface area contributed by atoms with Crippen LogP contribution in [0.5, 0.6) is 0 Å². The van der Waals surface area contributed by atoms with Crippen molar-refractivity contribution in [2.24, 2.45) is 0 Å². The van der Waals surface area contributed by atoms with Gasteiger partial charge in [-0.25, -0.2) is 0 Å². The maximum absolute atomic E-state index is 12.0. The lowest BCUT2D eigenvalue weighted by Gasteiger charge is -2.24. The van der Waals surface area contributed by atoms with Crippen molar-refractivity contribution in [1.82, 2.24) is 10.2 Å². The molecule has 1 aliphatic rings. The van der Waals surface area contributed by atoms with Crippen LogP contribution in [0, 0.1) is 0 Å². The standard InChI is InChI=1S/C14H20N2OS/c1-10(16(2)11-7-8-11)9-15-14(17)12-5-3-4-6-13(12)18/h3-6,10-11,18H,7-9H2,1-2H3,(H,15,17). The molecule has 0 aromatic heterocycles. The molecule has 1 saturated carbocycles. The smallest absolute Gasteiger partial charge is 0.252 e. The van der Waals surface area contributed by atoms with Gasteiger partial charge in [0.2, 0.25) is 0 Å². The van der Waals surface area contributed by atoms with Gasteiger partial charge in [-0.05, 0) is 38.9 Å². The molecule has 3 nitrogen and oxygen atoms in total. The molecular weight excluding hydrogens is 244 g/mol. The Balaban J connectivity index is 1.86. The molecule has 0 spiro atoms. The second-order valence-corrected chi connectivity index (χ2v) is 5.45. The van der Waals surface area contributed by atoms with Crippen LogP contribution in [0.25, 0.3) is 0 Å². The summed E-state index contributed by atoms with van der Waals surface area (Å²) in [5, 5.41) is 2.97. The molecule has 1 unspecified atom stereocenters. The van der Waals surface area contributed by atoms with Gasteiger partial charge in [0.1, 0.15) is 0 Å². The summed E-state index contributed by atoms with van der Waals surface area (Å²) in [5.74, 6) is -0.0448. The maximum atomic E-state index is 12.0. The molecule has 1 atom stereocenters. The molecule has 1 N–H and O–H groups in total. The third-order valence-electron chi connectivity index (χ3n) is 3.52. The third-order valence-corrected chi connectivity index (χ3v) is 3.91. The predicted molar refractivity (Wildman–Crippen MR) is 76.3 cm³/mol. The summed E-state index contributed by atoms with van der Waals surface area (Å²) < 4.78 is 0. The first-order valence-electron chi connectivity index (χ1n) is 6.37. The van der Waals surface area contributed by atoms with Crippen LogP contribution in [0.4, 0.5) is 0 Å². The van der Waals surface area contributed by atoms with Crippen molar-refractivity contribution in [1.29, 1.82) is 0 Å². The Kier molecular flexibility index (Phi) is 4.30. The van der Waals surface area contributed by atoms with E-state index in [9.17, 15) is 4.79 Å². The Morgan fingerprint density at radius 2 is 2.17 bits per heavy atom. The molecule has 0 saturated heterocycles. The van der Waals surface area contributed by atoms with Gasteiger partial charge in [0.05, 0.1) is 5.56 Å². The van der Waals surface area contributed by atoms with E-state index in [1.54, 1.807) is 6.07 Å². The van der Waals surface area contributed by atoms with Crippen LogP contribution in [0.15, 0.2) is 29.2 Å². The Morgan fingerprint density at radius 3 is 2.78 bits per heavy atom. The normalized spacial score (nSPS) is 16.7. The first-order valence-corrected chi connectivity index (χ1v) is 6.82. The van der Waals surface area contributed by atoms with E-state index in [2.05, 4.69) is 36.8 Å². The molecule has 1 aromatic carbocycles. The van der Waals surface area contributed by atoms with Crippen LogP contribution in [0.1, 0.15) is 30.1 Å². The maximum Gasteiger partial charge on any atom is 0.252 e. The Bertz CT molecular complexity index is 432. The zero-order chi connectivity index (χ0) is 13.1. The third kappa shape index (κ3) is 3.27. The minimum Gasteiger partial charge on any atom is -0.350 e. The van der Waals surface area contributed by atoms with Gasteiger partial charge in [-0.3, -0.25) is 9.69 Å². The van der Waals surface area contributed by atoms with Crippen molar-refractivity contribution in [2.75, 3.05) is 13.6 Å². The molecule has 1 aromatic rings. The number of hydrogen-bond donors (Lipinski definition) is 2. The van der Waals surface area contributed by atoms with Gasteiger partial charge >= 0.3 is 0 Å². The second-order valence-electron chi connectivity index (χ2n) is 4.97. The van der Waals surface area contributed by atoms with Crippen LogP contribution >= 0.6 is 12.6 Å². The molecule has 0 aliphatic heterocycles. The lowest BCUT2D eigenvalue weighted by molar-refractivity contribution is 0.0936. The number of amides is 1. The Labute approximate surface area is 114 Å². The largest absolute Gasteiger partial charge is 0.350 e. The number of hydrogen-bond acceptors (Lipinski definition) is 3. The molecular formula is C14H20N2OS. The number of rotatable bonds is 5. The van der Waals surface area contributed by atoms with Crippen molar-refractivity contribution < 1.29 is 4.79 Å². The topological polar surface area (TPSA) is 32.3 Å². The van der Waals surface area contributed by atoms with E-state index in [1.807, 2.05) is 18.2 Å². The van der Waals surface area contributed by atoms with Gasteiger partial charge in [0.25, 0.3) is 5.91 Å². The van der Waals surface area contributed by atoms with Gasteiger partial charge in [-0.2, -0.15) is 0 Å². The summed E-state index contributed by atoms with van der Waals surface area (Å²) in [6, 6.07) is 8.45. The zero-order valence-electron chi connectivity index (χ0n) is 10.9. The van der Waals surface area contributed by atoms with Crippen LogP contribution in [0.2, 0.25) is 0 Å². The van der Waals surface area contributed by atoms with Gasteiger partial charge in [-0.15, -0.1) is 12.6 Å². The van der Waals surface area contributed by atoms with Gasteiger partial charge in [0, 0.05) is 23.5 Å². The Hall–Kier alpha value is -1.00. The average Bonchev–Trinajstić information content (AvgIpc) is 3.19. The van der Waals surface area contributed by atoms with Crippen molar-refractivity contribution in [3.8, 4) is 0 Å². The quantitative estimate of drug-likeness (QED) is 0.799. The van der Waals surface area contributed by atoms with Gasteiger partial charge in [0.15, 0.2) is 0 Å². The second kappa shape index (κ2) is 5.76. The predicted octanol–water partition coefficient (Wildman–Crippen LogP) is 2.19. The average molecular weight is 264 g/mol. The van der Waals surface area contributed by atoms with Crippen molar-refractivity contribution in [3.63, 3.8) is 0 Å². The summed E-state index contributed by atoms with van der Waals surface area (Å²) >= 11 is 4.29. The number of carbonyl (C=O) groups is 1. The van der Waals surface area contributed by atoms with Crippen LogP contribution < -0.4 is 5.32 Å². The lowest BCUT2D eigenvalue weighted by Crippen LogP contribution is -2.41. The molecule has 1 aliphatic carbocycles. The number of likely N-dealkylation sites (N-methyl/N-ethyl adjacent to an activating group) is 1. The monoisotopic (exact) mass is 264 g/mol. The number of thiol groups is 1. The summed E-state index contributed by atoms with van der Waals surface area (Å²) in [7, 11) is 2.13. The van der Waals surface area contributed by atoms with E-state index >= 15 is 0 Å². The fourth-order valence-corrected chi connectivity index (χ4v) is 2.25. The molecule has 0 bridgehead atoms. The Morgan fingerprint density at radius 1 is 1.50 bits per heavy atom. The van der Waals surface area contributed by atoms with E-state index in [4.69, 9.17) is 0 Å².